The molecule has 0 aliphatic carbocycles. The summed E-state index contributed by atoms with van der Waals surface area (Å²) < 4.78 is 1.94. The van der Waals surface area contributed by atoms with Crippen LogP contribution in [-0.2, 0) is 4.79 Å². The number of nitrogens with zero attached hydrogens (tertiary/aromatic N) is 2. The monoisotopic (exact) mass is 445 g/mol. The maximum Gasteiger partial charge on any atom is 0.234 e. The molecule has 0 saturated carbocycles. The van der Waals surface area contributed by atoms with Crippen LogP contribution in [0.4, 0.5) is 11.4 Å². The van der Waals surface area contributed by atoms with Gasteiger partial charge in [0.15, 0.2) is 4.34 Å². The largest absolute Gasteiger partial charge is 0.325 e. The number of carbonyl (C=O) groups excluding carboxylic acids is 1. The van der Waals surface area contributed by atoms with Gasteiger partial charge < -0.3 is 5.32 Å². The van der Waals surface area contributed by atoms with E-state index in [0.29, 0.717) is 11.7 Å². The lowest BCUT2D eigenvalue weighted by Crippen LogP contribution is -2.13. The van der Waals surface area contributed by atoms with Gasteiger partial charge in [-0.3, -0.25) is 9.79 Å². The molecule has 0 aliphatic heterocycles. The number of anilines is 1. The topological polar surface area (TPSA) is 54.4 Å². The second kappa shape index (κ2) is 9.90. The highest BCUT2D eigenvalue weighted by Crippen LogP contribution is 2.32. The van der Waals surface area contributed by atoms with E-state index in [1.807, 2.05) is 66.9 Å². The first kappa shape index (κ1) is 21.3. The summed E-state index contributed by atoms with van der Waals surface area (Å²) in [6.45, 7) is 4.31. The predicted octanol–water partition coefficient (Wildman–Crippen LogP) is 6.90. The smallest absolute Gasteiger partial charge is 0.234 e. The van der Waals surface area contributed by atoms with Crippen LogP contribution in [0.5, 0.6) is 0 Å². The number of hydrogen-bond donors (Lipinski definition) is 1. The van der Waals surface area contributed by atoms with Crippen LogP contribution in [0.3, 0.4) is 0 Å². The van der Waals surface area contributed by atoms with Crippen LogP contribution >= 0.6 is 23.1 Å². The van der Waals surface area contributed by atoms with Gasteiger partial charge in [-0.2, -0.15) is 0 Å². The molecule has 31 heavy (non-hydrogen) atoms. The lowest BCUT2D eigenvalue weighted by atomic mass is 10.0. The number of nitrogens with one attached hydrogen (secondary N) is 1. The van der Waals surface area contributed by atoms with Crippen LogP contribution in [0.25, 0.3) is 10.2 Å². The number of aliphatic imine (C=N–C) groups is 1. The maximum absolute atomic E-state index is 12.3. The van der Waals surface area contributed by atoms with Gasteiger partial charge in [0, 0.05) is 11.9 Å². The van der Waals surface area contributed by atoms with Crippen molar-refractivity contribution in [2.24, 2.45) is 4.99 Å². The molecule has 0 saturated heterocycles. The summed E-state index contributed by atoms with van der Waals surface area (Å²) >= 11 is 3.04. The first-order valence-electron chi connectivity index (χ1n) is 10.1. The molecule has 1 aromatic heterocycles. The van der Waals surface area contributed by atoms with Crippen molar-refractivity contribution in [3.05, 3.63) is 83.9 Å². The van der Waals surface area contributed by atoms with E-state index >= 15 is 0 Å². The van der Waals surface area contributed by atoms with E-state index in [-0.39, 0.29) is 5.91 Å². The third-order valence-electron chi connectivity index (χ3n) is 4.70. The molecular weight excluding hydrogens is 422 g/mol. The Morgan fingerprint density at radius 3 is 2.61 bits per heavy atom. The number of fused-ring (bicyclic) bond motifs is 1. The maximum atomic E-state index is 12.3. The predicted molar refractivity (Wildman–Crippen MR) is 133 cm³/mol. The highest BCUT2D eigenvalue weighted by Gasteiger charge is 2.09. The van der Waals surface area contributed by atoms with E-state index in [1.54, 1.807) is 11.3 Å². The van der Waals surface area contributed by atoms with Crippen molar-refractivity contribution in [3.8, 4) is 0 Å². The van der Waals surface area contributed by atoms with E-state index in [4.69, 9.17) is 0 Å². The molecule has 1 heterocycles. The molecule has 4 aromatic rings. The molecule has 6 heteroatoms. The number of carbonyl (C=O) groups is 1. The molecule has 0 unspecified atom stereocenters. The quantitative estimate of drug-likeness (QED) is 0.249. The van der Waals surface area contributed by atoms with Crippen LogP contribution in [0.2, 0.25) is 0 Å². The van der Waals surface area contributed by atoms with Crippen LogP contribution in [0, 0.1) is 0 Å². The summed E-state index contributed by atoms with van der Waals surface area (Å²) in [5.41, 5.74) is 4.96. The normalized spacial score (nSPS) is 11.5. The Morgan fingerprint density at radius 2 is 1.87 bits per heavy atom. The van der Waals surface area contributed by atoms with Crippen molar-refractivity contribution >= 4 is 56.8 Å². The van der Waals surface area contributed by atoms with Crippen molar-refractivity contribution in [3.63, 3.8) is 0 Å². The van der Waals surface area contributed by atoms with Crippen molar-refractivity contribution in [1.29, 1.82) is 0 Å². The minimum Gasteiger partial charge on any atom is -0.325 e. The van der Waals surface area contributed by atoms with Gasteiger partial charge in [-0.25, -0.2) is 4.98 Å². The Labute approximate surface area is 190 Å². The molecule has 3 aromatic carbocycles. The van der Waals surface area contributed by atoms with Crippen molar-refractivity contribution < 1.29 is 4.79 Å². The van der Waals surface area contributed by atoms with Crippen LogP contribution in [-0.4, -0.2) is 22.9 Å². The zero-order valence-corrected chi connectivity index (χ0v) is 19.0. The van der Waals surface area contributed by atoms with Gasteiger partial charge in [-0.15, -0.1) is 11.3 Å². The number of thiazole rings is 1. The number of benzene rings is 3. The van der Waals surface area contributed by atoms with E-state index in [9.17, 15) is 4.79 Å². The Morgan fingerprint density at radius 1 is 1.10 bits per heavy atom. The fourth-order valence-corrected chi connectivity index (χ4v) is 4.90. The SMILES string of the molecule is CC(C)c1ccc(NC(=O)CSc2nc3ccc(N=Cc4ccccc4)cc3s2)cc1. The molecular formula is C25H23N3OS2. The number of hydrogen-bond acceptors (Lipinski definition) is 5. The molecule has 1 N–H and O–H groups in total. The Balaban J connectivity index is 1.36. The number of aromatic nitrogens is 1. The zero-order valence-electron chi connectivity index (χ0n) is 17.4. The summed E-state index contributed by atoms with van der Waals surface area (Å²) in [5.74, 6) is 0.767. The van der Waals surface area contributed by atoms with Crippen LogP contribution in [0.1, 0.15) is 30.9 Å². The molecule has 0 radical (unpaired) electrons. The van der Waals surface area contributed by atoms with Crippen molar-refractivity contribution in [2.45, 2.75) is 24.1 Å². The van der Waals surface area contributed by atoms with Gasteiger partial charge in [-0.05, 0) is 47.4 Å². The van der Waals surface area contributed by atoms with Gasteiger partial charge >= 0.3 is 0 Å². The first-order chi connectivity index (χ1) is 15.1. The number of rotatable bonds is 7. The van der Waals surface area contributed by atoms with Crippen LogP contribution < -0.4 is 5.32 Å². The fraction of sp³-hybridized carbons (Fsp3) is 0.160. The molecule has 0 atom stereocenters. The Bertz CT molecular complexity index is 1200. The lowest BCUT2D eigenvalue weighted by molar-refractivity contribution is -0.113. The van der Waals surface area contributed by atoms with Gasteiger partial charge in [0.25, 0.3) is 0 Å². The third kappa shape index (κ3) is 5.81. The molecule has 0 bridgehead atoms. The standard InChI is InChI=1S/C25H23N3OS2/c1-17(2)19-8-10-20(11-9-19)27-24(29)16-30-25-28-22-13-12-21(14-23(22)31-25)26-15-18-6-4-3-5-7-18/h3-15,17H,16H2,1-2H3,(H,27,29). The third-order valence-corrected chi connectivity index (χ3v) is 6.86. The van der Waals surface area contributed by atoms with Crippen molar-refractivity contribution in [1.82, 2.24) is 4.98 Å². The molecule has 1 amide bonds. The van der Waals surface area contributed by atoms with E-state index in [0.717, 1.165) is 31.5 Å². The van der Waals surface area contributed by atoms with Crippen LogP contribution in [0.15, 0.2) is 82.1 Å². The molecule has 4 nitrogen and oxygen atoms in total. The fourth-order valence-electron chi connectivity index (χ4n) is 3.00. The second-order valence-corrected chi connectivity index (χ2v) is 9.67. The molecule has 0 spiro atoms. The van der Waals surface area contributed by atoms with Gasteiger partial charge in [0.1, 0.15) is 0 Å². The number of thioether (sulfide) groups is 1. The average molecular weight is 446 g/mol. The van der Waals surface area contributed by atoms with E-state index in [2.05, 4.69) is 41.3 Å². The summed E-state index contributed by atoms with van der Waals surface area (Å²) in [7, 11) is 0. The molecule has 0 aliphatic rings. The highest BCUT2D eigenvalue weighted by atomic mass is 32.2. The zero-order chi connectivity index (χ0) is 21.6. The summed E-state index contributed by atoms with van der Waals surface area (Å²) in [6, 6.07) is 24.0. The van der Waals surface area contributed by atoms with Gasteiger partial charge in [0.2, 0.25) is 5.91 Å². The molecule has 4 rings (SSSR count). The van der Waals surface area contributed by atoms with Gasteiger partial charge in [-0.1, -0.05) is 68.1 Å². The average Bonchev–Trinajstić information content (AvgIpc) is 3.19. The van der Waals surface area contributed by atoms with Crippen molar-refractivity contribution in [2.75, 3.05) is 11.1 Å². The minimum atomic E-state index is -0.0327. The summed E-state index contributed by atoms with van der Waals surface area (Å²) in [6.07, 6.45) is 1.86. The Kier molecular flexibility index (Phi) is 6.79. The van der Waals surface area contributed by atoms with E-state index in [1.165, 1.54) is 17.3 Å². The first-order valence-corrected chi connectivity index (χ1v) is 11.9. The van der Waals surface area contributed by atoms with E-state index < -0.39 is 0 Å². The summed E-state index contributed by atoms with van der Waals surface area (Å²) in [5, 5.41) is 2.95. The highest BCUT2D eigenvalue weighted by molar-refractivity contribution is 8.01. The lowest BCUT2D eigenvalue weighted by Gasteiger charge is -2.08. The van der Waals surface area contributed by atoms with Gasteiger partial charge in [0.05, 0.1) is 21.7 Å². The minimum absolute atomic E-state index is 0.0327. The molecule has 156 valence electrons. The number of amides is 1. The second-order valence-electron chi connectivity index (χ2n) is 7.41. The summed E-state index contributed by atoms with van der Waals surface area (Å²) in [4.78, 5) is 21.5. The molecule has 0 fully saturated rings. The Hall–Kier alpha value is -2.96.